The molecule has 0 saturated carbocycles. The topological polar surface area (TPSA) is 157 Å². The number of nitrogens with one attached hydrogen (secondary N) is 1. The Morgan fingerprint density at radius 2 is 1.83 bits per heavy atom. The van der Waals surface area contributed by atoms with Gasteiger partial charge in [0.15, 0.2) is 0 Å². The summed E-state index contributed by atoms with van der Waals surface area (Å²) in [5.74, 6) is 0.0981. The molecule has 1 saturated heterocycles. The lowest BCUT2D eigenvalue weighted by Gasteiger charge is -2.25. The van der Waals surface area contributed by atoms with Gasteiger partial charge in [0, 0.05) is 61.3 Å². The number of halogens is 2. The molecule has 5 rings (SSSR count). The van der Waals surface area contributed by atoms with Crippen molar-refractivity contribution in [3.63, 3.8) is 0 Å². The predicted octanol–water partition coefficient (Wildman–Crippen LogP) is 6.54. The summed E-state index contributed by atoms with van der Waals surface area (Å²) in [6, 6.07) is 18.6. The summed E-state index contributed by atoms with van der Waals surface area (Å²) < 4.78 is 18.7. The van der Waals surface area contributed by atoms with Crippen LogP contribution < -0.4 is 19.5 Å². The molecule has 11 nitrogen and oxygen atoms in total. The van der Waals surface area contributed by atoms with Crippen LogP contribution in [-0.4, -0.2) is 75.2 Å². The maximum absolute atomic E-state index is 11.8. The van der Waals surface area contributed by atoms with Crippen molar-refractivity contribution >= 4 is 29.2 Å². The Balaban J connectivity index is 1.33. The lowest BCUT2D eigenvalue weighted by molar-refractivity contribution is -0.145. The number of carboxylic acid groups (broad SMARTS) is 1. The minimum Gasteiger partial charge on any atom is -0.489 e. The Bertz CT molecular complexity index is 1960. The van der Waals surface area contributed by atoms with Crippen molar-refractivity contribution in [2.75, 3.05) is 26.2 Å². The van der Waals surface area contributed by atoms with E-state index in [-0.39, 0.29) is 37.0 Å². The number of aliphatic hydroxyl groups excluding tert-OH is 2. The van der Waals surface area contributed by atoms with E-state index in [0.717, 1.165) is 48.2 Å². The number of hydrogen-bond donors (Lipinski definition) is 4. The number of ether oxygens (including phenoxy) is 3. The fourth-order valence-corrected chi connectivity index (χ4v) is 6.50. The summed E-state index contributed by atoms with van der Waals surface area (Å²) >= 11 is 13.7. The zero-order valence-electron chi connectivity index (χ0n) is 29.9. The zero-order valence-corrected chi connectivity index (χ0v) is 31.5. The van der Waals surface area contributed by atoms with E-state index < -0.39 is 18.1 Å². The van der Waals surface area contributed by atoms with Gasteiger partial charge in [0.25, 0.3) is 0 Å². The van der Waals surface area contributed by atoms with Gasteiger partial charge >= 0.3 is 5.97 Å². The Kier molecular flexibility index (Phi) is 13.6. The standard InChI is InChI=1S/C40H44Cl2N4O7/c1-25(10-12-46-13-11-31(48)21-46)53-35-9-5-8-33(38(35)42)32-7-4-6-29(26(32)2)23-52-37-16-36(51-22-28-14-27(17-43)18-44-19-28)30(15-34(37)41)20-45-40(3,24-47)39(49)50/h4-9,14-16,18-19,25,31,45,47-48H,10-13,20-24H2,1-3H3,(H,49,50). The van der Waals surface area contributed by atoms with Crippen LogP contribution in [0.2, 0.25) is 10.0 Å². The average molecular weight is 764 g/mol. The molecule has 0 aliphatic carbocycles. The minimum atomic E-state index is -1.60. The summed E-state index contributed by atoms with van der Waals surface area (Å²) in [6.45, 7) is 7.45. The Morgan fingerprint density at radius 3 is 2.55 bits per heavy atom. The molecule has 2 heterocycles. The van der Waals surface area contributed by atoms with Crippen LogP contribution >= 0.6 is 23.2 Å². The molecule has 1 fully saturated rings. The second-order valence-corrected chi connectivity index (χ2v) is 14.3. The first kappa shape index (κ1) is 39.8. The van der Waals surface area contributed by atoms with E-state index in [2.05, 4.69) is 21.3 Å². The third-order valence-electron chi connectivity index (χ3n) is 9.40. The number of nitriles is 1. The molecule has 4 N–H and O–H groups in total. The van der Waals surface area contributed by atoms with E-state index in [4.69, 9.17) is 37.4 Å². The van der Waals surface area contributed by atoms with Gasteiger partial charge in [-0.25, -0.2) is 0 Å². The van der Waals surface area contributed by atoms with Crippen LogP contribution in [0.5, 0.6) is 17.2 Å². The van der Waals surface area contributed by atoms with E-state index in [1.54, 1.807) is 24.4 Å². The van der Waals surface area contributed by atoms with Gasteiger partial charge in [-0.2, -0.15) is 5.26 Å². The SMILES string of the molecule is Cc1c(COc2cc(OCc3cncc(C#N)c3)c(CNC(C)(CO)C(=O)O)cc2Cl)cccc1-c1cccc(OC(C)CCN2CCC(O)C2)c1Cl. The largest absolute Gasteiger partial charge is 0.489 e. The first-order chi connectivity index (χ1) is 25.4. The van der Waals surface area contributed by atoms with E-state index in [9.17, 15) is 25.4 Å². The van der Waals surface area contributed by atoms with Crippen LogP contribution in [-0.2, 0) is 24.6 Å². The molecular weight excluding hydrogens is 719 g/mol. The average Bonchev–Trinajstić information content (AvgIpc) is 3.58. The monoisotopic (exact) mass is 762 g/mol. The number of pyridine rings is 1. The molecule has 0 radical (unpaired) electrons. The van der Waals surface area contributed by atoms with Gasteiger partial charge in [0.1, 0.15) is 42.1 Å². The number of rotatable bonds is 17. The van der Waals surface area contributed by atoms with Crippen LogP contribution in [0, 0.1) is 18.3 Å². The Labute approximate surface area is 319 Å². The van der Waals surface area contributed by atoms with Crippen molar-refractivity contribution < 1.29 is 34.3 Å². The maximum Gasteiger partial charge on any atom is 0.326 e. The van der Waals surface area contributed by atoms with Crippen molar-refractivity contribution in [2.45, 2.75) is 71.1 Å². The van der Waals surface area contributed by atoms with E-state index in [1.807, 2.05) is 50.2 Å². The third-order valence-corrected chi connectivity index (χ3v) is 10.1. The molecule has 280 valence electrons. The van der Waals surface area contributed by atoms with Gasteiger partial charge in [-0.15, -0.1) is 0 Å². The highest BCUT2D eigenvalue weighted by molar-refractivity contribution is 6.35. The summed E-state index contributed by atoms with van der Waals surface area (Å²) in [6.07, 6.45) is 4.33. The number of aliphatic carboxylic acids is 1. The highest BCUT2D eigenvalue weighted by Crippen LogP contribution is 2.39. The number of carbonyl (C=O) groups is 1. The minimum absolute atomic E-state index is 0.0151. The van der Waals surface area contributed by atoms with Crippen LogP contribution in [0.3, 0.4) is 0 Å². The van der Waals surface area contributed by atoms with Crippen LogP contribution in [0.4, 0.5) is 0 Å². The number of benzene rings is 3. The van der Waals surface area contributed by atoms with Gasteiger partial charge < -0.3 is 34.4 Å². The Hall–Kier alpha value is -4.41. The molecule has 3 atom stereocenters. The first-order valence-electron chi connectivity index (χ1n) is 17.4. The predicted molar refractivity (Wildman–Crippen MR) is 202 cm³/mol. The summed E-state index contributed by atoms with van der Waals surface area (Å²) in [5, 5.41) is 42.2. The summed E-state index contributed by atoms with van der Waals surface area (Å²) in [5.41, 5.74) is 3.59. The van der Waals surface area contributed by atoms with Gasteiger partial charge in [0.05, 0.1) is 34.4 Å². The van der Waals surface area contributed by atoms with E-state index >= 15 is 0 Å². The molecule has 53 heavy (non-hydrogen) atoms. The number of β-amino-alcohol motifs (C(OH)–C–C–N with tert-alkyl or cyclic N) is 1. The molecule has 1 aliphatic heterocycles. The molecule has 3 aromatic carbocycles. The van der Waals surface area contributed by atoms with E-state index in [1.165, 1.54) is 13.1 Å². The fraction of sp³-hybridized carbons (Fsp3) is 0.375. The molecule has 0 spiro atoms. The van der Waals surface area contributed by atoms with Crippen molar-refractivity contribution in [1.29, 1.82) is 5.26 Å². The highest BCUT2D eigenvalue weighted by atomic mass is 35.5. The van der Waals surface area contributed by atoms with Crippen molar-refractivity contribution in [3.8, 4) is 34.4 Å². The summed E-state index contributed by atoms with van der Waals surface area (Å²) in [7, 11) is 0. The second kappa shape index (κ2) is 18.1. The second-order valence-electron chi connectivity index (χ2n) is 13.5. The number of likely N-dealkylation sites (tertiary alicyclic amines) is 1. The smallest absolute Gasteiger partial charge is 0.326 e. The lowest BCUT2D eigenvalue weighted by atomic mass is 9.96. The quantitative estimate of drug-likeness (QED) is 0.0926. The molecule has 1 aliphatic rings. The number of nitrogens with zero attached hydrogens (tertiary/aromatic N) is 3. The van der Waals surface area contributed by atoms with Crippen molar-refractivity contribution in [2.24, 2.45) is 0 Å². The number of aliphatic hydroxyl groups is 2. The number of carboxylic acids is 1. The van der Waals surface area contributed by atoms with Gasteiger partial charge in [0.2, 0.25) is 0 Å². The molecular formula is C40H44Cl2N4O7. The Morgan fingerprint density at radius 1 is 1.08 bits per heavy atom. The van der Waals surface area contributed by atoms with E-state index in [0.29, 0.717) is 45.5 Å². The lowest BCUT2D eigenvalue weighted by Crippen LogP contribution is -2.52. The number of aromatic nitrogens is 1. The third kappa shape index (κ3) is 10.2. The van der Waals surface area contributed by atoms with Crippen molar-refractivity contribution in [3.05, 3.63) is 105 Å². The van der Waals surface area contributed by atoms with Crippen LogP contribution in [0.1, 0.15) is 54.5 Å². The normalized spacial score (nSPS) is 16.1. The molecule has 0 bridgehead atoms. The highest BCUT2D eigenvalue weighted by Gasteiger charge is 2.32. The van der Waals surface area contributed by atoms with Gasteiger partial charge in [-0.1, -0.05) is 53.5 Å². The number of hydrogen-bond acceptors (Lipinski definition) is 10. The zero-order chi connectivity index (χ0) is 38.1. The van der Waals surface area contributed by atoms with Crippen LogP contribution in [0.25, 0.3) is 11.1 Å². The first-order valence-corrected chi connectivity index (χ1v) is 18.1. The fourth-order valence-electron chi connectivity index (χ4n) is 5.99. The van der Waals surface area contributed by atoms with Crippen LogP contribution in [0.15, 0.2) is 67.0 Å². The van der Waals surface area contributed by atoms with Gasteiger partial charge in [-0.05, 0) is 68.5 Å². The molecule has 1 aromatic heterocycles. The molecule has 13 heteroatoms. The summed E-state index contributed by atoms with van der Waals surface area (Å²) in [4.78, 5) is 18.1. The molecule has 4 aromatic rings. The molecule has 0 amide bonds. The maximum atomic E-state index is 11.8. The van der Waals surface area contributed by atoms with Gasteiger partial charge in [-0.3, -0.25) is 15.1 Å². The van der Waals surface area contributed by atoms with Crippen molar-refractivity contribution in [1.82, 2.24) is 15.2 Å². The molecule has 3 unspecified atom stereocenters.